The van der Waals surface area contributed by atoms with Gasteiger partial charge in [0, 0.05) is 42.8 Å². The van der Waals surface area contributed by atoms with Gasteiger partial charge in [-0.25, -0.2) is 0 Å². The van der Waals surface area contributed by atoms with Crippen LogP contribution in [-0.2, 0) is 13.5 Å². The van der Waals surface area contributed by atoms with Crippen molar-refractivity contribution in [1.29, 1.82) is 0 Å². The first-order valence-electron chi connectivity index (χ1n) is 6.87. The minimum Gasteiger partial charge on any atom is -0.350 e. The molecule has 0 saturated heterocycles. The van der Waals surface area contributed by atoms with Crippen LogP contribution in [0.3, 0.4) is 0 Å². The molecule has 104 valence electrons. The van der Waals surface area contributed by atoms with Gasteiger partial charge < -0.3 is 15.2 Å². The van der Waals surface area contributed by atoms with Gasteiger partial charge >= 0.3 is 0 Å². The molecule has 19 heavy (non-hydrogen) atoms. The first-order chi connectivity index (χ1) is 8.87. The fourth-order valence-electron chi connectivity index (χ4n) is 2.71. The van der Waals surface area contributed by atoms with E-state index in [1.807, 2.05) is 0 Å². The van der Waals surface area contributed by atoms with E-state index in [9.17, 15) is 0 Å². The third-order valence-electron chi connectivity index (χ3n) is 3.42. The van der Waals surface area contributed by atoms with E-state index in [-0.39, 0.29) is 5.54 Å². The van der Waals surface area contributed by atoms with Crippen LogP contribution in [0.5, 0.6) is 0 Å². The molecule has 2 N–H and O–H groups in total. The van der Waals surface area contributed by atoms with E-state index in [0.29, 0.717) is 0 Å². The first-order valence-corrected chi connectivity index (χ1v) is 6.87. The molecule has 3 heteroatoms. The van der Waals surface area contributed by atoms with Gasteiger partial charge in [-0.05, 0) is 38.9 Å². The zero-order chi connectivity index (χ0) is 14.0. The minimum absolute atomic E-state index is 0.131. The fourth-order valence-corrected chi connectivity index (χ4v) is 2.71. The normalized spacial score (nSPS) is 12.5. The number of nitrogens with zero attached hydrogens (tertiary/aromatic N) is 2. The van der Waals surface area contributed by atoms with Crippen LogP contribution in [0.25, 0.3) is 10.9 Å². The molecule has 2 rings (SSSR count). The van der Waals surface area contributed by atoms with Crippen molar-refractivity contribution >= 4 is 10.9 Å². The van der Waals surface area contributed by atoms with Crippen LogP contribution in [0.4, 0.5) is 0 Å². The summed E-state index contributed by atoms with van der Waals surface area (Å²) in [7, 11) is 4.25. The highest BCUT2D eigenvalue weighted by atomic mass is 15.1. The molecule has 0 aliphatic rings. The average molecular weight is 259 g/mol. The molecule has 0 saturated carbocycles. The molecule has 1 aromatic heterocycles. The maximum atomic E-state index is 6.05. The predicted molar refractivity (Wildman–Crippen MR) is 82.4 cm³/mol. The number of para-hydroxylation sites is 1. The lowest BCUT2D eigenvalue weighted by molar-refractivity contribution is 0.273. The Kier molecular flexibility index (Phi) is 3.97. The van der Waals surface area contributed by atoms with Gasteiger partial charge in [-0.2, -0.15) is 0 Å². The molecule has 2 aromatic rings. The van der Waals surface area contributed by atoms with E-state index in [0.717, 1.165) is 19.5 Å². The van der Waals surface area contributed by atoms with Crippen LogP contribution < -0.4 is 5.73 Å². The number of hydrogen-bond donors (Lipinski definition) is 1. The first kappa shape index (κ1) is 14.1. The molecule has 0 fully saturated rings. The van der Waals surface area contributed by atoms with Crippen molar-refractivity contribution in [3.8, 4) is 0 Å². The Bertz CT molecular complexity index is 549. The van der Waals surface area contributed by atoms with Crippen LogP contribution in [0.2, 0.25) is 0 Å². The molecule has 1 aromatic carbocycles. The van der Waals surface area contributed by atoms with Gasteiger partial charge in [-0.15, -0.1) is 0 Å². The van der Waals surface area contributed by atoms with Crippen molar-refractivity contribution in [2.75, 3.05) is 20.1 Å². The predicted octanol–water partition coefficient (Wildman–Crippen LogP) is 2.39. The lowest BCUT2D eigenvalue weighted by Crippen LogP contribution is -2.44. The smallest absolute Gasteiger partial charge is 0.0480 e. The summed E-state index contributed by atoms with van der Waals surface area (Å²) in [5.74, 6) is 0. The molecule has 0 aliphatic carbocycles. The van der Waals surface area contributed by atoms with Gasteiger partial charge in [0.05, 0.1) is 0 Å². The molecular formula is C16H25N3. The van der Waals surface area contributed by atoms with Gasteiger partial charge in [0.25, 0.3) is 0 Å². The van der Waals surface area contributed by atoms with E-state index >= 15 is 0 Å². The Morgan fingerprint density at radius 1 is 1.26 bits per heavy atom. The Balaban J connectivity index is 2.06. The summed E-state index contributed by atoms with van der Waals surface area (Å²) in [6.45, 7) is 6.09. The van der Waals surface area contributed by atoms with Crippen molar-refractivity contribution in [2.45, 2.75) is 25.8 Å². The van der Waals surface area contributed by atoms with Gasteiger partial charge in [0.15, 0.2) is 0 Å². The lowest BCUT2D eigenvalue weighted by atomic mass is 10.1. The van der Waals surface area contributed by atoms with Crippen LogP contribution in [0, 0.1) is 0 Å². The number of aryl methyl sites for hydroxylation is 1. The largest absolute Gasteiger partial charge is 0.350 e. The Morgan fingerprint density at radius 2 is 1.95 bits per heavy atom. The van der Waals surface area contributed by atoms with E-state index < -0.39 is 0 Å². The molecule has 0 bridgehead atoms. The number of aromatic nitrogens is 1. The number of rotatable bonds is 5. The molecule has 0 aliphatic heterocycles. The SMILES string of the molecule is CN(CCc1cn(C)c2ccccc12)CC(C)(C)N. The van der Waals surface area contributed by atoms with Gasteiger partial charge in [0.2, 0.25) is 0 Å². The minimum atomic E-state index is -0.131. The second-order valence-corrected chi connectivity index (χ2v) is 6.26. The van der Waals surface area contributed by atoms with Crippen molar-refractivity contribution in [3.63, 3.8) is 0 Å². The second kappa shape index (κ2) is 5.35. The fraction of sp³-hybridized carbons (Fsp3) is 0.500. The highest BCUT2D eigenvalue weighted by molar-refractivity contribution is 5.83. The van der Waals surface area contributed by atoms with Crippen molar-refractivity contribution in [2.24, 2.45) is 12.8 Å². The topological polar surface area (TPSA) is 34.2 Å². The van der Waals surface area contributed by atoms with Crippen LogP contribution in [-0.4, -0.2) is 35.1 Å². The summed E-state index contributed by atoms with van der Waals surface area (Å²) < 4.78 is 2.21. The van der Waals surface area contributed by atoms with E-state index in [1.165, 1.54) is 16.5 Å². The van der Waals surface area contributed by atoms with Gasteiger partial charge in [0.1, 0.15) is 0 Å². The van der Waals surface area contributed by atoms with Crippen molar-refractivity contribution < 1.29 is 0 Å². The summed E-state index contributed by atoms with van der Waals surface area (Å²) >= 11 is 0. The van der Waals surface area contributed by atoms with Crippen LogP contribution >= 0.6 is 0 Å². The zero-order valence-electron chi connectivity index (χ0n) is 12.5. The summed E-state index contributed by atoms with van der Waals surface area (Å²) in [5, 5.41) is 1.37. The third kappa shape index (κ3) is 3.58. The van der Waals surface area contributed by atoms with Crippen molar-refractivity contribution in [3.05, 3.63) is 36.0 Å². The molecule has 3 nitrogen and oxygen atoms in total. The molecule has 0 atom stereocenters. The number of fused-ring (bicyclic) bond motifs is 1. The molecule has 1 heterocycles. The van der Waals surface area contributed by atoms with Crippen LogP contribution in [0.15, 0.2) is 30.5 Å². The average Bonchev–Trinajstić information content (AvgIpc) is 2.62. The van der Waals surface area contributed by atoms with Gasteiger partial charge in [-0.3, -0.25) is 0 Å². The third-order valence-corrected chi connectivity index (χ3v) is 3.42. The van der Waals surface area contributed by atoms with Crippen LogP contribution in [0.1, 0.15) is 19.4 Å². The quantitative estimate of drug-likeness (QED) is 0.894. The molecule has 0 amide bonds. The molecular weight excluding hydrogens is 234 g/mol. The number of benzene rings is 1. The Hall–Kier alpha value is -1.32. The monoisotopic (exact) mass is 259 g/mol. The standard InChI is InChI=1S/C16H25N3/c1-16(2,17)12-18(3)10-9-13-11-19(4)15-8-6-5-7-14(13)15/h5-8,11H,9-10,12,17H2,1-4H3. The second-order valence-electron chi connectivity index (χ2n) is 6.26. The lowest BCUT2D eigenvalue weighted by Gasteiger charge is -2.26. The molecule has 0 spiro atoms. The van der Waals surface area contributed by atoms with E-state index in [2.05, 4.69) is 67.9 Å². The van der Waals surface area contributed by atoms with Crippen molar-refractivity contribution in [1.82, 2.24) is 9.47 Å². The number of likely N-dealkylation sites (N-methyl/N-ethyl adjacent to an activating group) is 1. The molecule has 0 radical (unpaired) electrons. The van der Waals surface area contributed by atoms with Gasteiger partial charge in [-0.1, -0.05) is 18.2 Å². The zero-order valence-corrected chi connectivity index (χ0v) is 12.5. The highest BCUT2D eigenvalue weighted by Gasteiger charge is 2.14. The maximum absolute atomic E-state index is 6.05. The highest BCUT2D eigenvalue weighted by Crippen LogP contribution is 2.20. The Labute approximate surface area is 116 Å². The summed E-state index contributed by atoms with van der Waals surface area (Å²) in [6.07, 6.45) is 3.31. The summed E-state index contributed by atoms with van der Waals surface area (Å²) in [5.41, 5.74) is 8.64. The number of nitrogens with two attached hydrogens (primary N) is 1. The Morgan fingerprint density at radius 3 is 2.63 bits per heavy atom. The maximum Gasteiger partial charge on any atom is 0.0480 e. The summed E-state index contributed by atoms with van der Waals surface area (Å²) in [6, 6.07) is 8.58. The summed E-state index contributed by atoms with van der Waals surface area (Å²) in [4.78, 5) is 2.31. The molecule has 0 unspecified atom stereocenters. The number of hydrogen-bond acceptors (Lipinski definition) is 2. The van der Waals surface area contributed by atoms with E-state index in [1.54, 1.807) is 0 Å². The van der Waals surface area contributed by atoms with E-state index in [4.69, 9.17) is 5.73 Å².